The zero-order chi connectivity index (χ0) is 40.1. The molecule has 0 spiro atoms. The van der Waals surface area contributed by atoms with Crippen molar-refractivity contribution in [1.82, 2.24) is 40.3 Å². The average Bonchev–Trinajstić information content (AvgIpc) is 3.47. The van der Waals surface area contributed by atoms with Gasteiger partial charge in [-0.25, -0.2) is 4.98 Å². The molecule has 300 valence electrons. The van der Waals surface area contributed by atoms with E-state index < -0.39 is 29.7 Å². The topological polar surface area (TPSA) is 184 Å². The number of hydrogen-bond acceptors (Lipinski definition) is 12. The highest BCUT2D eigenvalue weighted by atomic mass is 16.2. The zero-order valence-electron chi connectivity index (χ0n) is 32.4. The van der Waals surface area contributed by atoms with Crippen molar-refractivity contribution < 1.29 is 24.0 Å². The van der Waals surface area contributed by atoms with E-state index in [4.69, 9.17) is 0 Å². The molecule has 3 N–H and O–H groups in total. The molecule has 3 saturated heterocycles. The van der Waals surface area contributed by atoms with Crippen LogP contribution in [0.1, 0.15) is 74.9 Å². The Kier molecular flexibility index (Phi) is 9.97. The number of benzene rings is 1. The fourth-order valence-corrected chi connectivity index (χ4v) is 8.91. The minimum absolute atomic E-state index is 0.0551. The van der Waals surface area contributed by atoms with Gasteiger partial charge in [0.15, 0.2) is 0 Å². The third-order valence-corrected chi connectivity index (χ3v) is 12.4. The summed E-state index contributed by atoms with van der Waals surface area (Å²) in [4.78, 5) is 98.2. The molecule has 1 saturated carbocycles. The molecule has 0 radical (unpaired) electrons. The molecule has 1 aliphatic carbocycles. The van der Waals surface area contributed by atoms with Gasteiger partial charge in [0.2, 0.25) is 11.8 Å². The van der Waals surface area contributed by atoms with Crippen LogP contribution in [0.25, 0.3) is 11.0 Å². The van der Waals surface area contributed by atoms with E-state index in [1.54, 1.807) is 24.4 Å². The second-order valence-electron chi connectivity index (χ2n) is 15.9. The molecular formula is C42H46N10O6. The number of fused-ring (bicyclic) bond motifs is 2. The van der Waals surface area contributed by atoms with Gasteiger partial charge >= 0.3 is 0 Å². The van der Waals surface area contributed by atoms with Gasteiger partial charge in [-0.3, -0.25) is 53.8 Å². The molecule has 5 amide bonds. The molecule has 3 aromatic heterocycles. The molecule has 0 bridgehead atoms. The van der Waals surface area contributed by atoms with Crippen molar-refractivity contribution in [2.24, 2.45) is 0 Å². The summed E-state index contributed by atoms with van der Waals surface area (Å²) in [6.07, 6.45) is 6.29. The van der Waals surface area contributed by atoms with Crippen LogP contribution in [0.5, 0.6) is 0 Å². The Balaban J connectivity index is 0.710. The minimum Gasteiger partial charge on any atom is -0.369 e. The second-order valence-corrected chi connectivity index (χ2v) is 15.9. The molecule has 1 atom stereocenters. The van der Waals surface area contributed by atoms with Crippen LogP contribution in [0.3, 0.4) is 0 Å². The number of rotatable bonds is 9. The van der Waals surface area contributed by atoms with Crippen LogP contribution in [-0.4, -0.2) is 130 Å². The average molecular weight is 787 g/mol. The smallest absolute Gasteiger partial charge is 0.270 e. The van der Waals surface area contributed by atoms with Gasteiger partial charge in [-0.15, -0.1) is 0 Å². The molecule has 58 heavy (non-hydrogen) atoms. The third-order valence-electron chi connectivity index (χ3n) is 12.4. The number of nitrogens with zero attached hydrogens (tertiary/aromatic N) is 7. The summed E-state index contributed by atoms with van der Waals surface area (Å²) in [5.41, 5.74) is 6.12. The highest BCUT2D eigenvalue weighted by molar-refractivity contribution is 6.23. The molecule has 1 unspecified atom stereocenters. The van der Waals surface area contributed by atoms with Crippen LogP contribution in [0, 0.1) is 0 Å². The van der Waals surface area contributed by atoms with Gasteiger partial charge in [0, 0.05) is 94.9 Å². The van der Waals surface area contributed by atoms with Crippen LogP contribution in [0.2, 0.25) is 0 Å². The summed E-state index contributed by atoms with van der Waals surface area (Å²) in [7, 11) is 0. The van der Waals surface area contributed by atoms with Crippen LogP contribution in [-0.2, 0) is 22.6 Å². The Morgan fingerprint density at radius 1 is 0.810 bits per heavy atom. The van der Waals surface area contributed by atoms with Crippen molar-refractivity contribution >= 4 is 51.9 Å². The number of aromatic amines is 1. The molecular weight excluding hydrogens is 741 g/mol. The number of nitrogens with one attached hydrogen (secondary N) is 3. The maximum atomic E-state index is 13.3. The molecule has 16 nitrogen and oxygen atoms in total. The first-order valence-electron chi connectivity index (χ1n) is 20.2. The van der Waals surface area contributed by atoms with E-state index in [0.717, 1.165) is 110 Å². The number of anilines is 2. The fourth-order valence-electron chi connectivity index (χ4n) is 8.91. The van der Waals surface area contributed by atoms with Gasteiger partial charge in [-0.1, -0.05) is 6.92 Å². The Hall–Kier alpha value is -6.00. The van der Waals surface area contributed by atoms with Gasteiger partial charge in [0.05, 0.1) is 34.0 Å². The largest absolute Gasteiger partial charge is 0.369 e. The first-order valence-corrected chi connectivity index (χ1v) is 20.2. The van der Waals surface area contributed by atoms with Gasteiger partial charge < -0.3 is 20.1 Å². The lowest BCUT2D eigenvalue weighted by molar-refractivity contribution is -0.136. The Morgan fingerprint density at radius 3 is 2.26 bits per heavy atom. The molecule has 16 heteroatoms. The Labute approximate surface area is 334 Å². The SMILES string of the molecule is CCc1cc2ncc(CN3CCN(c4ccc(C(=O)NC5CC(N6CCN(c7ccc8c(c7)C(=O)N(C7CCC(=O)NC7=O)C8=O)CC6)C5)nc4)CC3)cc2[nH]c1=O. The standard InChI is InChI=1S/C42H46N10O6/c1-2-26-18-34-35(46-38(26)54)17-25(22-43-34)24-48-9-11-50(12-10-48)29-4-6-33(44-23-29)39(55)45-27-19-30(20-27)51-15-13-49(14-16-51)28-3-5-31-32(21-28)42(58)52(41(31)57)36-7-8-37(53)47-40(36)56/h3-6,17-18,21-23,27,30,36H,2,7-16,19-20,24H2,1H3,(H,45,55)(H,46,54)(H,47,53,56). The van der Waals surface area contributed by atoms with Crippen molar-refractivity contribution in [2.45, 2.75) is 63.7 Å². The number of pyridine rings is 3. The lowest BCUT2D eigenvalue weighted by Gasteiger charge is -2.47. The van der Waals surface area contributed by atoms with E-state index >= 15 is 0 Å². The molecule has 4 fully saturated rings. The number of aromatic nitrogens is 3. The van der Waals surface area contributed by atoms with Crippen LogP contribution in [0.4, 0.5) is 11.4 Å². The summed E-state index contributed by atoms with van der Waals surface area (Å²) < 4.78 is 0. The first kappa shape index (κ1) is 37.6. The highest BCUT2D eigenvalue weighted by Gasteiger charge is 2.45. The molecule has 1 aromatic carbocycles. The van der Waals surface area contributed by atoms with Crippen LogP contribution in [0.15, 0.2) is 59.7 Å². The van der Waals surface area contributed by atoms with E-state index in [9.17, 15) is 28.8 Å². The number of carbonyl (C=O) groups is 5. The van der Waals surface area contributed by atoms with E-state index in [1.165, 1.54) is 0 Å². The third kappa shape index (κ3) is 7.21. The first-order chi connectivity index (χ1) is 28.1. The van der Waals surface area contributed by atoms with E-state index in [0.29, 0.717) is 18.2 Å². The zero-order valence-corrected chi connectivity index (χ0v) is 32.4. The lowest BCUT2D eigenvalue weighted by Crippen LogP contribution is -2.58. The maximum Gasteiger partial charge on any atom is 0.270 e. The molecule has 4 aromatic rings. The fraction of sp³-hybridized carbons (Fsp3) is 0.429. The molecule has 9 rings (SSSR count). The molecule has 7 heterocycles. The molecule has 4 aliphatic heterocycles. The number of imide groups is 2. The Morgan fingerprint density at radius 2 is 1.53 bits per heavy atom. The number of amides is 5. The summed E-state index contributed by atoms with van der Waals surface area (Å²) in [5, 5.41) is 5.39. The summed E-state index contributed by atoms with van der Waals surface area (Å²) >= 11 is 0. The van der Waals surface area contributed by atoms with Gasteiger partial charge in [0.1, 0.15) is 11.7 Å². The summed E-state index contributed by atoms with van der Waals surface area (Å²) in [5.74, 6) is -2.19. The lowest BCUT2D eigenvalue weighted by atomic mass is 9.85. The second kappa shape index (κ2) is 15.4. The van der Waals surface area contributed by atoms with Gasteiger partial charge in [-0.2, -0.15) is 0 Å². The van der Waals surface area contributed by atoms with Crippen molar-refractivity contribution in [2.75, 3.05) is 62.2 Å². The van der Waals surface area contributed by atoms with Crippen molar-refractivity contribution in [3.05, 3.63) is 93.2 Å². The van der Waals surface area contributed by atoms with E-state index in [1.807, 2.05) is 37.4 Å². The monoisotopic (exact) mass is 786 g/mol. The number of H-pyrrole nitrogens is 1. The quantitative estimate of drug-likeness (QED) is 0.209. The number of hydrogen-bond donors (Lipinski definition) is 3. The normalized spacial score (nSPS) is 22.9. The summed E-state index contributed by atoms with van der Waals surface area (Å²) in [6, 6.07) is 12.4. The number of piperidine rings is 1. The van der Waals surface area contributed by atoms with Crippen molar-refractivity contribution in [3.8, 4) is 0 Å². The maximum absolute atomic E-state index is 13.3. The van der Waals surface area contributed by atoms with Crippen LogP contribution >= 0.6 is 0 Å². The van der Waals surface area contributed by atoms with Gasteiger partial charge in [0.25, 0.3) is 23.3 Å². The number of piperazine rings is 2. The summed E-state index contributed by atoms with van der Waals surface area (Å²) in [6.45, 7) is 9.29. The van der Waals surface area contributed by atoms with E-state index in [2.05, 4.69) is 45.2 Å². The number of carbonyl (C=O) groups excluding carboxylic acids is 5. The molecule has 5 aliphatic rings. The van der Waals surface area contributed by atoms with Crippen LogP contribution < -0.4 is 26.0 Å². The Bertz CT molecular complexity index is 2360. The minimum atomic E-state index is -0.985. The number of aryl methyl sites for hydroxylation is 1. The highest BCUT2D eigenvalue weighted by Crippen LogP contribution is 2.32. The van der Waals surface area contributed by atoms with Crippen molar-refractivity contribution in [1.29, 1.82) is 0 Å². The van der Waals surface area contributed by atoms with Gasteiger partial charge in [-0.05, 0) is 73.7 Å². The predicted octanol–water partition coefficient (Wildman–Crippen LogP) is 1.69. The predicted molar refractivity (Wildman–Crippen MR) is 215 cm³/mol. The van der Waals surface area contributed by atoms with Crippen molar-refractivity contribution in [3.63, 3.8) is 0 Å². The van der Waals surface area contributed by atoms with E-state index in [-0.39, 0.29) is 41.5 Å².